The van der Waals surface area contributed by atoms with Crippen molar-refractivity contribution in [1.29, 1.82) is 0 Å². The van der Waals surface area contributed by atoms with Gasteiger partial charge in [0.15, 0.2) is 5.67 Å². The third-order valence-corrected chi connectivity index (χ3v) is 7.71. The first-order valence-corrected chi connectivity index (χ1v) is 11.6. The zero-order valence-corrected chi connectivity index (χ0v) is 20.0. The Hall–Kier alpha value is -2.04. The van der Waals surface area contributed by atoms with E-state index in [2.05, 4.69) is 5.48 Å². The van der Waals surface area contributed by atoms with Crippen molar-refractivity contribution >= 4 is 46.4 Å². The monoisotopic (exact) mass is 550 g/mol. The molecule has 3 aliphatic rings. The lowest BCUT2D eigenvalue weighted by atomic mass is 9.86. The zero-order valence-electron chi connectivity index (χ0n) is 17.7. The van der Waals surface area contributed by atoms with E-state index in [0.29, 0.717) is 18.4 Å². The number of carbonyl (C=O) groups excluding carboxylic acids is 1. The summed E-state index contributed by atoms with van der Waals surface area (Å²) in [7, 11) is 0. The van der Waals surface area contributed by atoms with Gasteiger partial charge in [0.25, 0.3) is 5.91 Å². The van der Waals surface area contributed by atoms with Gasteiger partial charge in [-0.25, -0.2) is 4.39 Å². The van der Waals surface area contributed by atoms with Gasteiger partial charge in [-0.1, -0.05) is 59.1 Å². The molecule has 1 amide bonds. The predicted octanol–water partition coefficient (Wildman–Crippen LogP) is 5.51. The molecule has 2 heterocycles. The predicted molar refractivity (Wildman–Crippen MR) is 121 cm³/mol. The fourth-order valence-electron chi connectivity index (χ4n) is 4.22. The largest absolute Gasteiger partial charge is 0.428 e. The van der Waals surface area contributed by atoms with Crippen LogP contribution in [0, 0.1) is 0 Å². The van der Waals surface area contributed by atoms with Gasteiger partial charge in [-0.3, -0.25) is 15.1 Å². The van der Waals surface area contributed by atoms with E-state index in [1.165, 1.54) is 29.2 Å². The summed E-state index contributed by atoms with van der Waals surface area (Å²) in [6.07, 6.45) is -3.30. The first kappa shape index (κ1) is 24.6. The van der Waals surface area contributed by atoms with Gasteiger partial charge in [-0.2, -0.15) is 13.2 Å². The molecular formula is C23H17Cl3F4N2O3. The number of halogens is 7. The van der Waals surface area contributed by atoms with E-state index < -0.39 is 29.0 Å². The Morgan fingerprint density at radius 1 is 1.03 bits per heavy atom. The van der Waals surface area contributed by atoms with E-state index in [4.69, 9.17) is 39.6 Å². The molecular weight excluding hydrogens is 535 g/mol. The number of hydrogen-bond acceptors (Lipinski definition) is 4. The summed E-state index contributed by atoms with van der Waals surface area (Å²) in [4.78, 5) is 18.4. The Bertz CT molecular complexity index is 1220. The Morgan fingerprint density at radius 3 is 2.11 bits per heavy atom. The molecule has 0 aromatic heterocycles. The number of aliphatic hydroxyl groups is 1. The van der Waals surface area contributed by atoms with Crippen molar-refractivity contribution in [2.24, 2.45) is 0 Å². The lowest BCUT2D eigenvalue weighted by Gasteiger charge is -2.45. The summed E-state index contributed by atoms with van der Waals surface area (Å²) in [6.45, 7) is -0.403. The maximum Gasteiger partial charge on any atom is 0.428 e. The molecule has 12 heteroatoms. The van der Waals surface area contributed by atoms with Gasteiger partial charge in [0.2, 0.25) is 5.60 Å². The van der Waals surface area contributed by atoms with Crippen LogP contribution in [-0.4, -0.2) is 40.8 Å². The van der Waals surface area contributed by atoms with Crippen molar-refractivity contribution in [3.63, 3.8) is 0 Å². The number of carbonyl (C=O) groups is 1. The van der Waals surface area contributed by atoms with E-state index in [-0.39, 0.29) is 45.0 Å². The summed E-state index contributed by atoms with van der Waals surface area (Å²) in [5.41, 5.74) is -3.54. The van der Waals surface area contributed by atoms with Gasteiger partial charge in [0.1, 0.15) is 5.60 Å². The smallest absolute Gasteiger partial charge is 0.380 e. The summed E-state index contributed by atoms with van der Waals surface area (Å²) >= 11 is 17.8. The summed E-state index contributed by atoms with van der Waals surface area (Å²) in [6, 6.07) is 7.84. The molecule has 2 aromatic rings. The number of hydrogen-bond donors (Lipinski definition) is 2. The van der Waals surface area contributed by atoms with Crippen molar-refractivity contribution < 1.29 is 32.3 Å². The number of alkyl halides is 4. The minimum Gasteiger partial charge on any atom is -0.380 e. The van der Waals surface area contributed by atoms with Crippen LogP contribution in [0.4, 0.5) is 17.6 Å². The van der Waals surface area contributed by atoms with E-state index in [9.17, 15) is 23.1 Å². The van der Waals surface area contributed by atoms with E-state index >= 15 is 4.39 Å². The van der Waals surface area contributed by atoms with Crippen molar-refractivity contribution in [2.45, 2.75) is 35.9 Å². The second-order valence-electron chi connectivity index (χ2n) is 8.98. The Balaban J connectivity index is 1.40. The highest BCUT2D eigenvalue weighted by atomic mass is 35.5. The highest BCUT2D eigenvalue weighted by Crippen LogP contribution is 2.49. The van der Waals surface area contributed by atoms with Crippen molar-refractivity contribution in [1.82, 2.24) is 10.4 Å². The molecule has 1 atom stereocenters. The van der Waals surface area contributed by atoms with E-state index in [1.807, 2.05) is 0 Å². The molecule has 5 nitrogen and oxygen atoms in total. The molecule has 35 heavy (non-hydrogen) atoms. The topological polar surface area (TPSA) is 61.8 Å². The van der Waals surface area contributed by atoms with Crippen molar-refractivity contribution in [3.8, 4) is 0 Å². The lowest BCUT2D eigenvalue weighted by molar-refractivity contribution is -0.269. The summed E-state index contributed by atoms with van der Waals surface area (Å²) in [5.74, 6) is -0.481. The molecule has 5 rings (SSSR count). The minimum absolute atomic E-state index is 0.00495. The fraction of sp³-hybridized carbons (Fsp3) is 0.348. The molecule has 0 spiro atoms. The number of likely N-dealkylation sites (tertiary alicyclic amines) is 1. The third kappa shape index (κ3) is 3.97. The first-order chi connectivity index (χ1) is 16.3. The lowest BCUT2D eigenvalue weighted by Crippen LogP contribution is -2.61. The highest BCUT2D eigenvalue weighted by Gasteiger charge is 2.60. The van der Waals surface area contributed by atoms with Crippen LogP contribution in [-0.2, 0) is 20.9 Å². The Morgan fingerprint density at radius 2 is 1.60 bits per heavy atom. The summed E-state index contributed by atoms with van der Waals surface area (Å²) in [5, 5.41) is 9.51. The van der Waals surface area contributed by atoms with Crippen LogP contribution >= 0.6 is 34.8 Å². The quantitative estimate of drug-likeness (QED) is 0.389. The number of rotatable bonds is 4. The second kappa shape index (κ2) is 7.98. The maximum absolute atomic E-state index is 15.3. The van der Waals surface area contributed by atoms with Crippen LogP contribution in [0.1, 0.15) is 29.5 Å². The van der Waals surface area contributed by atoms with Gasteiger partial charge in [-0.15, -0.1) is 0 Å². The van der Waals surface area contributed by atoms with Crippen LogP contribution in [0.15, 0.2) is 42.5 Å². The Labute approximate surface area is 212 Å². The number of nitrogens with one attached hydrogen (secondary N) is 1. The SMILES string of the molecule is O=C(N1CC(F)(c2ccc(C3=CC(c4cc(Cl)c(Cl)c(Cl)c4)(C(F)(F)F)ON3)cc2)C1)C1(O)CC1. The number of amides is 1. The van der Waals surface area contributed by atoms with Gasteiger partial charge < -0.3 is 10.0 Å². The summed E-state index contributed by atoms with van der Waals surface area (Å²) < 4.78 is 57.8. The zero-order chi connectivity index (χ0) is 25.4. The molecule has 1 aliphatic carbocycles. The number of benzene rings is 2. The average molecular weight is 552 g/mol. The minimum atomic E-state index is -4.89. The molecule has 1 saturated heterocycles. The van der Waals surface area contributed by atoms with Crippen LogP contribution in [0.2, 0.25) is 15.1 Å². The molecule has 2 aliphatic heterocycles. The molecule has 2 N–H and O–H groups in total. The van der Waals surface area contributed by atoms with Crippen LogP contribution in [0.5, 0.6) is 0 Å². The van der Waals surface area contributed by atoms with E-state index in [0.717, 1.165) is 18.2 Å². The van der Waals surface area contributed by atoms with Crippen molar-refractivity contribution in [2.75, 3.05) is 13.1 Å². The Kier molecular flexibility index (Phi) is 5.62. The molecule has 0 bridgehead atoms. The highest BCUT2D eigenvalue weighted by molar-refractivity contribution is 6.48. The van der Waals surface area contributed by atoms with Gasteiger partial charge in [-0.05, 0) is 42.2 Å². The van der Waals surface area contributed by atoms with Crippen molar-refractivity contribution in [3.05, 3.63) is 74.2 Å². The van der Waals surface area contributed by atoms with Crippen LogP contribution in [0.3, 0.4) is 0 Å². The second-order valence-corrected chi connectivity index (χ2v) is 10.2. The number of nitrogens with zero attached hydrogens (tertiary/aromatic N) is 1. The average Bonchev–Trinajstić information content (AvgIpc) is 3.36. The maximum atomic E-state index is 15.3. The fourth-order valence-corrected chi connectivity index (χ4v) is 4.81. The van der Waals surface area contributed by atoms with Crippen LogP contribution in [0.25, 0.3) is 5.70 Å². The van der Waals surface area contributed by atoms with Crippen LogP contribution < -0.4 is 5.48 Å². The van der Waals surface area contributed by atoms with Gasteiger partial charge >= 0.3 is 6.18 Å². The van der Waals surface area contributed by atoms with Gasteiger partial charge in [0.05, 0.1) is 33.9 Å². The molecule has 1 saturated carbocycles. The number of hydroxylamine groups is 1. The van der Waals surface area contributed by atoms with E-state index in [1.54, 1.807) is 0 Å². The standard InChI is InChI=1S/C23H17Cl3F4N2O3/c24-15-7-14(8-16(25)18(15)26)22(23(28,29)30)9-17(31-35-22)12-1-3-13(4-2-12)20(27)10-32(11-20)19(33)21(34)5-6-21/h1-4,7-9,31,34H,5-6,10-11H2. The normalized spacial score (nSPS) is 24.5. The third-order valence-electron chi connectivity index (χ3n) is 6.51. The molecule has 0 radical (unpaired) electrons. The molecule has 1 unspecified atom stereocenters. The van der Waals surface area contributed by atoms with Gasteiger partial charge in [0, 0.05) is 5.56 Å². The molecule has 186 valence electrons. The molecule has 2 fully saturated rings. The first-order valence-electron chi connectivity index (χ1n) is 10.5. The molecule has 2 aromatic carbocycles.